The molecule has 0 amide bonds. The van der Waals surface area contributed by atoms with Crippen molar-refractivity contribution in [3.05, 3.63) is 35.4 Å². The molecule has 0 saturated heterocycles. The van der Waals surface area contributed by atoms with Gasteiger partial charge in [0.2, 0.25) is 0 Å². The number of nitrogens with one attached hydrogen (secondary N) is 1. The van der Waals surface area contributed by atoms with E-state index >= 15 is 0 Å². The van der Waals surface area contributed by atoms with E-state index < -0.39 is 0 Å². The summed E-state index contributed by atoms with van der Waals surface area (Å²) in [7, 11) is 0. The standard InChI is InChI=1S/C17H25NS/c1-19-16-7-4-6-15(11-16)18-12-14-5-2-3-8-17(14)13-9-10-13/h2-3,5,8,13,15-16,18H,4,6-7,9-12H2,1H3. The van der Waals surface area contributed by atoms with Gasteiger partial charge in [0.25, 0.3) is 0 Å². The van der Waals surface area contributed by atoms with Gasteiger partial charge < -0.3 is 5.32 Å². The highest BCUT2D eigenvalue weighted by Gasteiger charge is 2.26. The van der Waals surface area contributed by atoms with Gasteiger partial charge in [-0.15, -0.1) is 0 Å². The highest BCUT2D eigenvalue weighted by atomic mass is 32.2. The van der Waals surface area contributed by atoms with Crippen LogP contribution in [0.1, 0.15) is 55.6 Å². The van der Waals surface area contributed by atoms with Crippen LogP contribution in [0.25, 0.3) is 0 Å². The Balaban J connectivity index is 1.57. The third-order valence-electron chi connectivity index (χ3n) is 4.61. The van der Waals surface area contributed by atoms with Gasteiger partial charge in [-0.05, 0) is 55.4 Å². The molecule has 0 spiro atoms. The Kier molecular flexibility index (Phi) is 4.49. The number of rotatable bonds is 5. The minimum Gasteiger partial charge on any atom is -0.310 e. The molecule has 1 aromatic rings. The molecule has 2 saturated carbocycles. The van der Waals surface area contributed by atoms with Crippen LogP contribution in [-0.4, -0.2) is 17.5 Å². The molecule has 0 radical (unpaired) electrons. The van der Waals surface area contributed by atoms with Crippen molar-refractivity contribution < 1.29 is 0 Å². The smallest absolute Gasteiger partial charge is 0.0210 e. The van der Waals surface area contributed by atoms with Gasteiger partial charge in [0, 0.05) is 17.8 Å². The number of hydrogen-bond donors (Lipinski definition) is 1. The summed E-state index contributed by atoms with van der Waals surface area (Å²) in [5.41, 5.74) is 3.14. The third-order valence-corrected chi connectivity index (χ3v) is 5.71. The van der Waals surface area contributed by atoms with Crippen LogP contribution in [0, 0.1) is 0 Å². The fraction of sp³-hybridized carbons (Fsp3) is 0.647. The van der Waals surface area contributed by atoms with Crippen molar-refractivity contribution in [1.82, 2.24) is 5.32 Å². The first-order chi connectivity index (χ1) is 9.36. The molecule has 0 aliphatic heterocycles. The van der Waals surface area contributed by atoms with E-state index in [0.717, 1.165) is 23.8 Å². The lowest BCUT2D eigenvalue weighted by Crippen LogP contribution is -2.34. The molecule has 19 heavy (non-hydrogen) atoms. The van der Waals surface area contributed by atoms with E-state index in [1.165, 1.54) is 44.1 Å². The summed E-state index contributed by atoms with van der Waals surface area (Å²) in [6, 6.07) is 9.77. The third kappa shape index (κ3) is 3.55. The van der Waals surface area contributed by atoms with Crippen LogP contribution in [0.5, 0.6) is 0 Å². The molecule has 2 unspecified atom stereocenters. The molecule has 0 bridgehead atoms. The minimum atomic E-state index is 0.735. The molecule has 0 aromatic heterocycles. The molecule has 2 aliphatic rings. The Morgan fingerprint density at radius 2 is 2.00 bits per heavy atom. The first-order valence-electron chi connectivity index (χ1n) is 7.71. The summed E-state index contributed by atoms with van der Waals surface area (Å²) in [5, 5.41) is 4.69. The highest BCUT2D eigenvalue weighted by molar-refractivity contribution is 7.99. The SMILES string of the molecule is CSC1CCCC(NCc2ccccc2C2CC2)C1. The van der Waals surface area contributed by atoms with Crippen molar-refractivity contribution >= 4 is 11.8 Å². The van der Waals surface area contributed by atoms with Crippen LogP contribution in [0.4, 0.5) is 0 Å². The minimum absolute atomic E-state index is 0.735. The average molecular weight is 275 g/mol. The number of thioether (sulfide) groups is 1. The van der Waals surface area contributed by atoms with Gasteiger partial charge in [-0.3, -0.25) is 0 Å². The molecule has 104 valence electrons. The summed E-state index contributed by atoms with van der Waals surface area (Å²) < 4.78 is 0. The van der Waals surface area contributed by atoms with Crippen LogP contribution < -0.4 is 5.32 Å². The Hall–Kier alpha value is -0.470. The van der Waals surface area contributed by atoms with Crippen molar-refractivity contribution in [3.8, 4) is 0 Å². The van der Waals surface area contributed by atoms with Crippen molar-refractivity contribution in [2.24, 2.45) is 0 Å². The Labute approximate surface area is 121 Å². The molecule has 3 rings (SSSR count). The second-order valence-corrected chi connectivity index (χ2v) is 7.21. The van der Waals surface area contributed by atoms with Gasteiger partial charge in [0.05, 0.1) is 0 Å². The molecule has 1 nitrogen and oxygen atoms in total. The zero-order valence-electron chi connectivity index (χ0n) is 11.9. The molecular formula is C17H25NS. The van der Waals surface area contributed by atoms with Crippen LogP contribution in [0.3, 0.4) is 0 Å². The maximum atomic E-state index is 3.81. The van der Waals surface area contributed by atoms with Gasteiger partial charge in [-0.1, -0.05) is 30.7 Å². The number of benzene rings is 1. The molecule has 2 aliphatic carbocycles. The van der Waals surface area contributed by atoms with E-state index in [1.807, 2.05) is 11.8 Å². The molecule has 1 N–H and O–H groups in total. The Morgan fingerprint density at radius 3 is 2.79 bits per heavy atom. The first kappa shape index (κ1) is 13.5. The van der Waals surface area contributed by atoms with E-state index in [2.05, 4.69) is 35.8 Å². The second kappa shape index (κ2) is 6.32. The zero-order chi connectivity index (χ0) is 13.1. The van der Waals surface area contributed by atoms with E-state index in [-0.39, 0.29) is 0 Å². The summed E-state index contributed by atoms with van der Waals surface area (Å²) in [5.74, 6) is 0.864. The van der Waals surface area contributed by atoms with Crippen molar-refractivity contribution in [2.45, 2.75) is 62.3 Å². The molecule has 2 heteroatoms. The summed E-state index contributed by atoms with van der Waals surface area (Å²) in [6.45, 7) is 1.07. The summed E-state index contributed by atoms with van der Waals surface area (Å²) in [6.07, 6.45) is 10.6. The topological polar surface area (TPSA) is 12.0 Å². The normalized spacial score (nSPS) is 27.4. The predicted molar refractivity (Wildman–Crippen MR) is 84.8 cm³/mol. The van der Waals surface area contributed by atoms with Crippen molar-refractivity contribution in [2.75, 3.05) is 6.26 Å². The second-order valence-electron chi connectivity index (χ2n) is 6.08. The van der Waals surface area contributed by atoms with Crippen molar-refractivity contribution in [1.29, 1.82) is 0 Å². The Morgan fingerprint density at radius 1 is 1.16 bits per heavy atom. The van der Waals surface area contributed by atoms with E-state index in [1.54, 1.807) is 5.56 Å². The number of hydrogen-bond acceptors (Lipinski definition) is 2. The maximum Gasteiger partial charge on any atom is 0.0210 e. The molecule has 0 heterocycles. The van der Waals surface area contributed by atoms with Gasteiger partial charge in [0.1, 0.15) is 0 Å². The van der Waals surface area contributed by atoms with Gasteiger partial charge in [-0.2, -0.15) is 11.8 Å². The van der Waals surface area contributed by atoms with Crippen molar-refractivity contribution in [3.63, 3.8) is 0 Å². The lowest BCUT2D eigenvalue weighted by atomic mass is 9.94. The average Bonchev–Trinajstić information content (AvgIpc) is 3.30. The fourth-order valence-corrected chi connectivity index (χ4v) is 4.11. The van der Waals surface area contributed by atoms with Crippen LogP contribution in [-0.2, 0) is 6.54 Å². The van der Waals surface area contributed by atoms with Crippen LogP contribution in [0.2, 0.25) is 0 Å². The highest BCUT2D eigenvalue weighted by Crippen LogP contribution is 2.41. The summed E-state index contributed by atoms with van der Waals surface area (Å²) in [4.78, 5) is 0. The molecule has 2 fully saturated rings. The predicted octanol–water partition coefficient (Wildman–Crippen LogP) is 4.33. The maximum absolute atomic E-state index is 3.81. The monoisotopic (exact) mass is 275 g/mol. The Bertz CT molecular complexity index is 413. The zero-order valence-corrected chi connectivity index (χ0v) is 12.7. The van der Waals surface area contributed by atoms with E-state index in [9.17, 15) is 0 Å². The fourth-order valence-electron chi connectivity index (χ4n) is 3.29. The van der Waals surface area contributed by atoms with E-state index in [4.69, 9.17) is 0 Å². The largest absolute Gasteiger partial charge is 0.310 e. The van der Waals surface area contributed by atoms with Gasteiger partial charge in [-0.25, -0.2) is 0 Å². The quantitative estimate of drug-likeness (QED) is 0.858. The molecular weight excluding hydrogens is 250 g/mol. The lowest BCUT2D eigenvalue weighted by Gasteiger charge is -2.29. The van der Waals surface area contributed by atoms with Crippen LogP contribution in [0.15, 0.2) is 24.3 Å². The van der Waals surface area contributed by atoms with E-state index in [0.29, 0.717) is 0 Å². The lowest BCUT2D eigenvalue weighted by molar-refractivity contribution is 0.379. The molecule has 2 atom stereocenters. The van der Waals surface area contributed by atoms with Gasteiger partial charge >= 0.3 is 0 Å². The molecule has 1 aromatic carbocycles. The summed E-state index contributed by atoms with van der Waals surface area (Å²) >= 11 is 2.05. The van der Waals surface area contributed by atoms with Gasteiger partial charge in [0.15, 0.2) is 0 Å². The van der Waals surface area contributed by atoms with Crippen LogP contribution >= 0.6 is 11.8 Å². The first-order valence-corrected chi connectivity index (χ1v) is 8.99.